The molecule has 0 aliphatic carbocycles. The number of carbonyl (C=O) groups excluding carboxylic acids is 1. The molecule has 1 aromatic carbocycles. The van der Waals surface area contributed by atoms with E-state index < -0.39 is 6.10 Å². The van der Waals surface area contributed by atoms with E-state index in [9.17, 15) is 9.90 Å². The lowest BCUT2D eigenvalue weighted by Gasteiger charge is -2.15. The van der Waals surface area contributed by atoms with E-state index in [0.29, 0.717) is 12.8 Å². The highest BCUT2D eigenvalue weighted by Crippen LogP contribution is 2.34. The molecular formula is C13H17NO2. The number of aliphatic hydroxyl groups is 1. The van der Waals surface area contributed by atoms with Crippen LogP contribution in [0.3, 0.4) is 0 Å². The van der Waals surface area contributed by atoms with Crippen LogP contribution in [0.1, 0.15) is 43.1 Å². The number of aliphatic hydroxyl groups excluding tert-OH is 1. The molecule has 1 aliphatic heterocycles. The fourth-order valence-corrected chi connectivity index (χ4v) is 2.13. The summed E-state index contributed by atoms with van der Waals surface area (Å²) in [5.41, 5.74) is 3.89. The standard InChI is InChI=1S/C13H17NO2/c1-3-8-5-9-7-12(16)14-13(9)10(6-8)11(15)4-2/h5-6,11,15H,3-4,7H2,1-2H3,(H,14,16). The first-order valence-corrected chi connectivity index (χ1v) is 5.79. The summed E-state index contributed by atoms with van der Waals surface area (Å²) in [7, 11) is 0. The minimum atomic E-state index is -0.487. The Labute approximate surface area is 95.5 Å². The molecule has 1 heterocycles. The minimum Gasteiger partial charge on any atom is -0.388 e. The van der Waals surface area contributed by atoms with Crippen LogP contribution in [0.5, 0.6) is 0 Å². The molecule has 1 amide bonds. The quantitative estimate of drug-likeness (QED) is 0.818. The van der Waals surface area contributed by atoms with Crippen molar-refractivity contribution in [2.75, 3.05) is 5.32 Å². The lowest BCUT2D eigenvalue weighted by molar-refractivity contribution is -0.115. The molecule has 0 aromatic heterocycles. The summed E-state index contributed by atoms with van der Waals surface area (Å²) in [6, 6.07) is 4.05. The van der Waals surface area contributed by atoms with Crippen molar-refractivity contribution in [3.05, 3.63) is 28.8 Å². The molecular weight excluding hydrogens is 202 g/mol. The number of amides is 1. The average Bonchev–Trinajstić information content (AvgIpc) is 2.66. The minimum absolute atomic E-state index is 0.0211. The van der Waals surface area contributed by atoms with Gasteiger partial charge in [0.25, 0.3) is 0 Å². The molecule has 2 N–H and O–H groups in total. The zero-order valence-corrected chi connectivity index (χ0v) is 9.71. The highest BCUT2D eigenvalue weighted by Gasteiger charge is 2.23. The maximum atomic E-state index is 11.4. The maximum Gasteiger partial charge on any atom is 0.228 e. The predicted molar refractivity (Wildman–Crippen MR) is 63.4 cm³/mol. The van der Waals surface area contributed by atoms with Gasteiger partial charge in [-0.05, 0) is 24.0 Å². The van der Waals surface area contributed by atoms with E-state index in [1.807, 2.05) is 13.0 Å². The molecule has 1 aliphatic rings. The van der Waals surface area contributed by atoms with Crippen molar-refractivity contribution in [3.8, 4) is 0 Å². The number of hydrogen-bond donors (Lipinski definition) is 2. The van der Waals surface area contributed by atoms with E-state index in [-0.39, 0.29) is 5.91 Å². The molecule has 0 spiro atoms. The predicted octanol–water partition coefficient (Wildman–Crippen LogP) is 2.19. The number of carbonyl (C=O) groups is 1. The van der Waals surface area contributed by atoms with E-state index in [2.05, 4.69) is 18.3 Å². The maximum absolute atomic E-state index is 11.4. The first kappa shape index (κ1) is 11.1. The number of benzene rings is 1. The average molecular weight is 219 g/mol. The Morgan fingerprint density at radius 1 is 1.44 bits per heavy atom. The van der Waals surface area contributed by atoms with E-state index in [0.717, 1.165) is 23.2 Å². The zero-order chi connectivity index (χ0) is 11.7. The fourth-order valence-electron chi connectivity index (χ4n) is 2.13. The lowest BCUT2D eigenvalue weighted by atomic mass is 9.97. The Morgan fingerprint density at radius 2 is 2.19 bits per heavy atom. The molecule has 0 radical (unpaired) electrons. The second kappa shape index (κ2) is 4.26. The summed E-state index contributed by atoms with van der Waals surface area (Å²) >= 11 is 0. The largest absolute Gasteiger partial charge is 0.388 e. The Morgan fingerprint density at radius 3 is 2.81 bits per heavy atom. The van der Waals surface area contributed by atoms with E-state index in [1.54, 1.807) is 0 Å². The van der Waals surface area contributed by atoms with Gasteiger partial charge in [-0.25, -0.2) is 0 Å². The summed E-state index contributed by atoms with van der Waals surface area (Å²) in [6.07, 6.45) is 1.53. The van der Waals surface area contributed by atoms with Crippen molar-refractivity contribution in [3.63, 3.8) is 0 Å². The smallest absolute Gasteiger partial charge is 0.228 e. The van der Waals surface area contributed by atoms with Crippen molar-refractivity contribution in [1.82, 2.24) is 0 Å². The zero-order valence-electron chi connectivity index (χ0n) is 9.71. The number of nitrogens with one attached hydrogen (secondary N) is 1. The van der Waals surface area contributed by atoms with Gasteiger partial charge in [-0.3, -0.25) is 4.79 Å². The third-order valence-electron chi connectivity index (χ3n) is 3.08. The second-order valence-corrected chi connectivity index (χ2v) is 4.22. The van der Waals surface area contributed by atoms with Gasteiger partial charge in [0, 0.05) is 5.56 Å². The van der Waals surface area contributed by atoms with Gasteiger partial charge in [0.05, 0.1) is 18.2 Å². The SMILES string of the molecule is CCc1cc2c(c(C(O)CC)c1)NC(=O)C2. The molecule has 3 heteroatoms. The molecule has 0 bridgehead atoms. The number of hydrogen-bond acceptors (Lipinski definition) is 2. The summed E-state index contributed by atoms with van der Waals surface area (Å²) in [6.45, 7) is 4.01. The molecule has 0 saturated heterocycles. The molecule has 86 valence electrons. The van der Waals surface area contributed by atoms with Gasteiger partial charge in [0.1, 0.15) is 0 Å². The highest BCUT2D eigenvalue weighted by atomic mass is 16.3. The molecule has 0 saturated carbocycles. The monoisotopic (exact) mass is 219 g/mol. The molecule has 1 aromatic rings. The summed E-state index contributed by atoms with van der Waals surface area (Å²) in [5.74, 6) is 0.0211. The number of anilines is 1. The van der Waals surface area contributed by atoms with Crippen molar-refractivity contribution >= 4 is 11.6 Å². The van der Waals surface area contributed by atoms with Crippen LogP contribution in [0.2, 0.25) is 0 Å². The molecule has 1 unspecified atom stereocenters. The third-order valence-corrected chi connectivity index (χ3v) is 3.08. The normalized spacial score (nSPS) is 15.8. The summed E-state index contributed by atoms with van der Waals surface area (Å²) < 4.78 is 0. The lowest BCUT2D eigenvalue weighted by Crippen LogP contribution is -2.06. The Balaban J connectivity index is 2.51. The van der Waals surface area contributed by atoms with Gasteiger partial charge in [-0.15, -0.1) is 0 Å². The van der Waals surface area contributed by atoms with Crippen LogP contribution in [0, 0.1) is 0 Å². The number of aryl methyl sites for hydroxylation is 1. The molecule has 3 nitrogen and oxygen atoms in total. The molecule has 0 fully saturated rings. The van der Waals surface area contributed by atoms with Crippen molar-refractivity contribution < 1.29 is 9.90 Å². The van der Waals surface area contributed by atoms with Gasteiger partial charge >= 0.3 is 0 Å². The van der Waals surface area contributed by atoms with Gasteiger partial charge in [-0.1, -0.05) is 26.0 Å². The van der Waals surface area contributed by atoms with Crippen LogP contribution in [0.15, 0.2) is 12.1 Å². The van der Waals surface area contributed by atoms with Crippen molar-refractivity contribution in [2.45, 2.75) is 39.2 Å². The first-order valence-electron chi connectivity index (χ1n) is 5.79. The Kier molecular flexibility index (Phi) is 2.97. The van der Waals surface area contributed by atoms with E-state index in [4.69, 9.17) is 0 Å². The Hall–Kier alpha value is -1.35. The highest BCUT2D eigenvalue weighted by molar-refractivity contribution is 6.00. The fraction of sp³-hybridized carbons (Fsp3) is 0.462. The van der Waals surface area contributed by atoms with Gasteiger partial charge in [0.15, 0.2) is 0 Å². The van der Waals surface area contributed by atoms with Gasteiger partial charge < -0.3 is 10.4 Å². The summed E-state index contributed by atoms with van der Waals surface area (Å²) in [5, 5.41) is 12.8. The molecule has 1 atom stereocenters. The van der Waals surface area contributed by atoms with Gasteiger partial charge in [0.2, 0.25) is 5.91 Å². The second-order valence-electron chi connectivity index (χ2n) is 4.22. The first-order chi connectivity index (χ1) is 7.65. The van der Waals surface area contributed by atoms with Crippen LogP contribution >= 0.6 is 0 Å². The topological polar surface area (TPSA) is 49.3 Å². The van der Waals surface area contributed by atoms with Crippen molar-refractivity contribution in [2.24, 2.45) is 0 Å². The molecule has 16 heavy (non-hydrogen) atoms. The van der Waals surface area contributed by atoms with Crippen LogP contribution in [0.25, 0.3) is 0 Å². The van der Waals surface area contributed by atoms with Crippen LogP contribution in [0.4, 0.5) is 5.69 Å². The number of rotatable bonds is 3. The third kappa shape index (κ3) is 1.83. The number of fused-ring (bicyclic) bond motifs is 1. The Bertz CT molecular complexity index is 426. The van der Waals surface area contributed by atoms with Crippen LogP contribution < -0.4 is 5.32 Å². The summed E-state index contributed by atoms with van der Waals surface area (Å²) in [4.78, 5) is 11.4. The van der Waals surface area contributed by atoms with Crippen LogP contribution in [-0.2, 0) is 17.6 Å². The van der Waals surface area contributed by atoms with E-state index in [1.165, 1.54) is 5.56 Å². The molecule has 2 rings (SSSR count). The van der Waals surface area contributed by atoms with E-state index >= 15 is 0 Å². The van der Waals surface area contributed by atoms with Crippen molar-refractivity contribution in [1.29, 1.82) is 0 Å². The van der Waals surface area contributed by atoms with Crippen LogP contribution in [-0.4, -0.2) is 11.0 Å². The van der Waals surface area contributed by atoms with Gasteiger partial charge in [-0.2, -0.15) is 0 Å².